The highest BCUT2D eigenvalue weighted by atomic mass is 19.1. The number of hydrogen-bond donors (Lipinski definition) is 0. The molecule has 0 radical (unpaired) electrons. The molecule has 0 atom stereocenters. The molecule has 0 saturated carbocycles. The molecule has 0 bridgehead atoms. The summed E-state index contributed by atoms with van der Waals surface area (Å²) in [6, 6.07) is 6.66. The summed E-state index contributed by atoms with van der Waals surface area (Å²) in [5.74, 6) is -0.245. The van der Waals surface area contributed by atoms with Crippen LogP contribution < -0.4 is 0 Å². The van der Waals surface area contributed by atoms with Gasteiger partial charge in [-0.2, -0.15) is 5.10 Å². The van der Waals surface area contributed by atoms with Crippen molar-refractivity contribution in [3.05, 3.63) is 42.5 Å². The molecule has 1 aromatic heterocycles. The number of amides is 1. The number of carbonyl (C=O) groups is 1. The topological polar surface area (TPSA) is 47.4 Å². The number of rotatable bonds is 2. The highest BCUT2D eigenvalue weighted by Gasteiger charge is 2.27. The number of aromatic nitrogens is 2. The van der Waals surface area contributed by atoms with Gasteiger partial charge < -0.3 is 9.64 Å². The Hall–Kier alpha value is -2.37. The predicted molar refractivity (Wildman–Crippen MR) is 93.7 cm³/mol. The fourth-order valence-electron chi connectivity index (χ4n) is 2.97. The molecule has 0 N–H and O–H groups in total. The van der Waals surface area contributed by atoms with Crippen LogP contribution in [0.4, 0.5) is 9.18 Å². The van der Waals surface area contributed by atoms with Crippen molar-refractivity contribution >= 4 is 6.09 Å². The second-order valence-corrected chi connectivity index (χ2v) is 7.41. The normalized spacial score (nSPS) is 16.1. The molecular weight excluding hydrogens is 321 g/mol. The number of piperidine rings is 1. The molecule has 1 aliphatic rings. The first-order valence-corrected chi connectivity index (χ1v) is 8.60. The first-order valence-electron chi connectivity index (χ1n) is 8.60. The summed E-state index contributed by atoms with van der Waals surface area (Å²) in [7, 11) is 0. The van der Waals surface area contributed by atoms with Gasteiger partial charge in [-0.15, -0.1) is 0 Å². The second-order valence-electron chi connectivity index (χ2n) is 7.41. The average molecular weight is 345 g/mol. The van der Waals surface area contributed by atoms with Gasteiger partial charge in [0, 0.05) is 24.8 Å². The molecule has 0 spiro atoms. The van der Waals surface area contributed by atoms with Gasteiger partial charge in [-0.05, 0) is 51.3 Å². The summed E-state index contributed by atoms with van der Waals surface area (Å²) < 4.78 is 20.4. The summed E-state index contributed by atoms with van der Waals surface area (Å²) >= 11 is 0. The number of likely N-dealkylation sites (tertiary alicyclic amines) is 1. The van der Waals surface area contributed by atoms with Crippen LogP contribution in [0.2, 0.25) is 0 Å². The molecule has 1 aliphatic heterocycles. The van der Waals surface area contributed by atoms with Gasteiger partial charge in [-0.25, -0.2) is 9.18 Å². The fourth-order valence-corrected chi connectivity index (χ4v) is 2.97. The van der Waals surface area contributed by atoms with Crippen LogP contribution in [0.1, 0.15) is 39.7 Å². The minimum absolute atomic E-state index is 0.245. The van der Waals surface area contributed by atoms with Crippen LogP contribution in [-0.4, -0.2) is 39.5 Å². The van der Waals surface area contributed by atoms with Gasteiger partial charge in [0.05, 0.1) is 12.2 Å². The molecule has 2 aromatic rings. The molecule has 134 valence electrons. The van der Waals surface area contributed by atoms with E-state index in [0.717, 1.165) is 24.0 Å². The van der Waals surface area contributed by atoms with Crippen molar-refractivity contribution < 1.29 is 13.9 Å². The van der Waals surface area contributed by atoms with Gasteiger partial charge >= 0.3 is 6.09 Å². The lowest BCUT2D eigenvalue weighted by Crippen LogP contribution is -2.42. The largest absolute Gasteiger partial charge is 0.444 e. The molecule has 0 aliphatic carbocycles. The molecule has 1 amide bonds. The van der Waals surface area contributed by atoms with Crippen molar-refractivity contribution in [1.82, 2.24) is 14.7 Å². The van der Waals surface area contributed by atoms with E-state index in [9.17, 15) is 9.18 Å². The van der Waals surface area contributed by atoms with Crippen molar-refractivity contribution in [2.75, 3.05) is 13.1 Å². The molecule has 25 heavy (non-hydrogen) atoms. The van der Waals surface area contributed by atoms with Gasteiger partial charge in [0.1, 0.15) is 11.4 Å². The summed E-state index contributed by atoms with van der Waals surface area (Å²) in [5, 5.41) is 4.46. The van der Waals surface area contributed by atoms with E-state index in [1.54, 1.807) is 23.2 Å². The van der Waals surface area contributed by atoms with Crippen LogP contribution in [0.15, 0.2) is 36.7 Å². The summed E-state index contributed by atoms with van der Waals surface area (Å²) in [6.07, 6.45) is 5.21. The third-order valence-corrected chi connectivity index (χ3v) is 4.27. The average Bonchev–Trinajstić information content (AvgIpc) is 3.04. The third kappa shape index (κ3) is 4.38. The van der Waals surface area contributed by atoms with Crippen LogP contribution in [0.5, 0.6) is 0 Å². The third-order valence-electron chi connectivity index (χ3n) is 4.27. The van der Waals surface area contributed by atoms with E-state index in [0.29, 0.717) is 13.1 Å². The van der Waals surface area contributed by atoms with Crippen LogP contribution in [0.3, 0.4) is 0 Å². The standard InChI is InChI=1S/C19H24FN3O2/c1-19(2,3)25-18(24)22-10-8-17(9-11-22)23-13-15(12-21-23)14-4-6-16(20)7-5-14/h4-7,12-13,17H,8-11H2,1-3H3. The maximum atomic E-state index is 13.0. The van der Waals surface area contributed by atoms with E-state index >= 15 is 0 Å². The number of nitrogens with zero attached hydrogens (tertiary/aromatic N) is 3. The Bertz CT molecular complexity index is 726. The zero-order valence-electron chi connectivity index (χ0n) is 14.9. The first kappa shape index (κ1) is 17.5. The monoisotopic (exact) mass is 345 g/mol. The predicted octanol–water partition coefficient (Wildman–Crippen LogP) is 4.26. The Kier molecular flexibility index (Phi) is 4.79. The number of hydrogen-bond acceptors (Lipinski definition) is 3. The van der Waals surface area contributed by atoms with E-state index in [1.165, 1.54) is 12.1 Å². The van der Waals surface area contributed by atoms with Gasteiger partial charge in [0.2, 0.25) is 0 Å². The Morgan fingerprint density at radius 1 is 1.16 bits per heavy atom. The Morgan fingerprint density at radius 2 is 1.80 bits per heavy atom. The molecule has 3 rings (SSSR count). The summed E-state index contributed by atoms with van der Waals surface area (Å²) in [6.45, 7) is 6.94. The van der Waals surface area contributed by atoms with E-state index < -0.39 is 5.60 Å². The number of ether oxygens (including phenoxy) is 1. The zero-order chi connectivity index (χ0) is 18.0. The SMILES string of the molecule is CC(C)(C)OC(=O)N1CCC(n2cc(-c3ccc(F)cc3)cn2)CC1. The lowest BCUT2D eigenvalue weighted by atomic mass is 10.1. The van der Waals surface area contributed by atoms with E-state index in [-0.39, 0.29) is 18.0 Å². The molecule has 6 heteroatoms. The van der Waals surface area contributed by atoms with Gasteiger partial charge in [-0.1, -0.05) is 12.1 Å². The molecule has 2 heterocycles. The molecule has 1 fully saturated rings. The molecule has 0 unspecified atom stereocenters. The molecule has 1 aromatic carbocycles. The number of benzene rings is 1. The first-order chi connectivity index (χ1) is 11.8. The van der Waals surface area contributed by atoms with Gasteiger partial charge in [-0.3, -0.25) is 4.68 Å². The lowest BCUT2D eigenvalue weighted by Gasteiger charge is -2.33. The minimum atomic E-state index is -0.472. The van der Waals surface area contributed by atoms with Gasteiger partial charge in [0.25, 0.3) is 0 Å². The van der Waals surface area contributed by atoms with Crippen molar-refractivity contribution in [3.63, 3.8) is 0 Å². The summed E-state index contributed by atoms with van der Waals surface area (Å²) in [4.78, 5) is 13.9. The maximum Gasteiger partial charge on any atom is 0.410 e. The smallest absolute Gasteiger partial charge is 0.410 e. The highest BCUT2D eigenvalue weighted by Crippen LogP contribution is 2.26. The quantitative estimate of drug-likeness (QED) is 0.817. The summed E-state index contributed by atoms with van der Waals surface area (Å²) in [5.41, 5.74) is 1.44. The molecule has 5 nitrogen and oxygen atoms in total. The Labute approximate surface area is 147 Å². The molecule has 1 saturated heterocycles. The fraction of sp³-hybridized carbons (Fsp3) is 0.474. The van der Waals surface area contributed by atoms with E-state index in [4.69, 9.17) is 4.74 Å². The second kappa shape index (κ2) is 6.86. The Balaban J connectivity index is 1.60. The number of carbonyl (C=O) groups excluding carboxylic acids is 1. The van der Waals surface area contributed by atoms with Crippen molar-refractivity contribution in [2.24, 2.45) is 0 Å². The van der Waals surface area contributed by atoms with Crippen molar-refractivity contribution in [2.45, 2.75) is 45.3 Å². The van der Waals surface area contributed by atoms with Crippen LogP contribution in [0.25, 0.3) is 11.1 Å². The Morgan fingerprint density at radius 3 is 2.40 bits per heavy atom. The van der Waals surface area contributed by atoms with Crippen molar-refractivity contribution in [3.8, 4) is 11.1 Å². The molecular formula is C19H24FN3O2. The lowest BCUT2D eigenvalue weighted by molar-refractivity contribution is 0.0185. The highest BCUT2D eigenvalue weighted by molar-refractivity contribution is 5.68. The zero-order valence-corrected chi connectivity index (χ0v) is 14.9. The number of halogens is 1. The van der Waals surface area contributed by atoms with Crippen LogP contribution in [0, 0.1) is 5.82 Å². The van der Waals surface area contributed by atoms with Crippen molar-refractivity contribution in [1.29, 1.82) is 0 Å². The van der Waals surface area contributed by atoms with E-state index in [2.05, 4.69) is 5.10 Å². The van der Waals surface area contributed by atoms with Gasteiger partial charge in [0.15, 0.2) is 0 Å². The van der Waals surface area contributed by atoms with E-state index in [1.807, 2.05) is 31.6 Å². The minimum Gasteiger partial charge on any atom is -0.444 e. The maximum absolute atomic E-state index is 13.0. The van der Waals surface area contributed by atoms with Crippen LogP contribution in [-0.2, 0) is 4.74 Å². The van der Waals surface area contributed by atoms with Crippen LogP contribution >= 0.6 is 0 Å².